The molecule has 0 radical (unpaired) electrons. The molecular weight excluding hydrogens is 280 g/mol. The van der Waals surface area contributed by atoms with Gasteiger partial charge in [-0.3, -0.25) is 10.1 Å². The Kier molecular flexibility index (Phi) is 3.37. The van der Waals surface area contributed by atoms with Crippen molar-refractivity contribution in [1.82, 2.24) is 0 Å². The van der Waals surface area contributed by atoms with Crippen LogP contribution in [0.25, 0.3) is 0 Å². The summed E-state index contributed by atoms with van der Waals surface area (Å²) in [6.45, 7) is 3.99. The first-order chi connectivity index (χ1) is 10.4. The van der Waals surface area contributed by atoms with Gasteiger partial charge in [-0.1, -0.05) is 44.2 Å². The maximum absolute atomic E-state index is 10.8. The molecule has 0 amide bonds. The summed E-state index contributed by atoms with van der Waals surface area (Å²) in [5.74, 6) is 0. The van der Waals surface area contributed by atoms with Crippen molar-refractivity contribution in [3.63, 3.8) is 0 Å². The predicted octanol–water partition coefficient (Wildman–Crippen LogP) is 3.82. The third-order valence-corrected chi connectivity index (χ3v) is 4.44. The summed E-state index contributed by atoms with van der Waals surface area (Å²) in [6, 6.07) is 14.1. The predicted molar refractivity (Wildman–Crippen MR) is 84.6 cm³/mol. The standard InChI is InChI=1S/C17H18N2O3/c1-17(2)15(11-7-9-12(10-8-11)19(21)22)18-14-6-4-3-5-13(14)16(17)20/h3-10,15-16,18,20H,1-2H3. The van der Waals surface area contributed by atoms with Crippen LogP contribution in [0.2, 0.25) is 0 Å². The van der Waals surface area contributed by atoms with E-state index >= 15 is 0 Å². The Morgan fingerprint density at radius 2 is 1.77 bits per heavy atom. The second-order valence-corrected chi connectivity index (χ2v) is 6.24. The van der Waals surface area contributed by atoms with Gasteiger partial charge < -0.3 is 10.4 Å². The molecule has 0 aliphatic carbocycles. The van der Waals surface area contributed by atoms with Crippen molar-refractivity contribution < 1.29 is 10.0 Å². The number of nitrogens with zero attached hydrogens (tertiary/aromatic N) is 1. The molecular formula is C17H18N2O3. The van der Waals surface area contributed by atoms with Crippen LogP contribution in [0.15, 0.2) is 48.5 Å². The lowest BCUT2D eigenvalue weighted by atomic mass is 9.71. The Morgan fingerprint density at radius 3 is 2.41 bits per heavy atom. The summed E-state index contributed by atoms with van der Waals surface area (Å²) in [5.41, 5.74) is 2.33. The fourth-order valence-electron chi connectivity index (χ4n) is 3.07. The van der Waals surface area contributed by atoms with Crippen molar-refractivity contribution in [3.05, 3.63) is 69.8 Å². The summed E-state index contributed by atoms with van der Waals surface area (Å²) in [5, 5.41) is 24.9. The molecule has 2 unspecified atom stereocenters. The summed E-state index contributed by atoms with van der Waals surface area (Å²) in [7, 11) is 0. The molecule has 0 spiro atoms. The molecule has 0 fully saturated rings. The topological polar surface area (TPSA) is 75.4 Å². The Morgan fingerprint density at radius 1 is 1.14 bits per heavy atom. The molecule has 0 aromatic heterocycles. The number of hydrogen-bond acceptors (Lipinski definition) is 4. The second kappa shape index (κ2) is 5.10. The van der Waals surface area contributed by atoms with Gasteiger partial charge in [0.1, 0.15) is 0 Å². The van der Waals surface area contributed by atoms with E-state index in [1.54, 1.807) is 12.1 Å². The number of anilines is 1. The van der Waals surface area contributed by atoms with Gasteiger partial charge in [0.15, 0.2) is 0 Å². The highest BCUT2D eigenvalue weighted by Gasteiger charge is 2.42. The zero-order valence-electron chi connectivity index (χ0n) is 12.5. The normalized spacial score (nSPS) is 22.5. The number of non-ortho nitro benzene ring substituents is 1. The maximum Gasteiger partial charge on any atom is 0.269 e. The van der Waals surface area contributed by atoms with Crippen LogP contribution in [0.3, 0.4) is 0 Å². The highest BCUT2D eigenvalue weighted by Crippen LogP contribution is 2.51. The van der Waals surface area contributed by atoms with E-state index in [9.17, 15) is 15.2 Å². The third-order valence-electron chi connectivity index (χ3n) is 4.44. The van der Waals surface area contributed by atoms with E-state index < -0.39 is 16.4 Å². The molecule has 1 heterocycles. The van der Waals surface area contributed by atoms with Crippen molar-refractivity contribution in [2.24, 2.45) is 5.41 Å². The first-order valence-corrected chi connectivity index (χ1v) is 7.19. The van der Waals surface area contributed by atoms with Crippen LogP contribution in [0.5, 0.6) is 0 Å². The number of nitro benzene ring substituents is 1. The molecule has 3 rings (SSSR count). The van der Waals surface area contributed by atoms with E-state index in [2.05, 4.69) is 5.32 Å². The van der Waals surface area contributed by atoms with Crippen LogP contribution in [0.4, 0.5) is 11.4 Å². The second-order valence-electron chi connectivity index (χ2n) is 6.24. The van der Waals surface area contributed by atoms with Crippen LogP contribution < -0.4 is 5.32 Å². The molecule has 22 heavy (non-hydrogen) atoms. The molecule has 5 nitrogen and oxygen atoms in total. The highest BCUT2D eigenvalue weighted by atomic mass is 16.6. The van der Waals surface area contributed by atoms with Gasteiger partial charge in [0, 0.05) is 28.8 Å². The Hall–Kier alpha value is -2.40. The van der Waals surface area contributed by atoms with Crippen LogP contribution in [-0.4, -0.2) is 10.0 Å². The zero-order valence-corrected chi connectivity index (χ0v) is 12.5. The smallest absolute Gasteiger partial charge is 0.269 e. The minimum atomic E-state index is -0.606. The first-order valence-electron chi connectivity index (χ1n) is 7.19. The molecule has 5 heteroatoms. The first kappa shape index (κ1) is 14.5. The quantitative estimate of drug-likeness (QED) is 0.653. The van der Waals surface area contributed by atoms with Crippen molar-refractivity contribution in [2.45, 2.75) is 26.0 Å². The molecule has 2 N–H and O–H groups in total. The fourth-order valence-corrected chi connectivity index (χ4v) is 3.07. The average molecular weight is 298 g/mol. The van der Waals surface area contributed by atoms with Gasteiger partial charge in [-0.2, -0.15) is 0 Å². The van der Waals surface area contributed by atoms with Gasteiger partial charge in [-0.05, 0) is 11.6 Å². The zero-order chi connectivity index (χ0) is 15.9. The lowest BCUT2D eigenvalue weighted by molar-refractivity contribution is -0.384. The number of aliphatic hydroxyl groups is 1. The maximum atomic E-state index is 10.8. The minimum Gasteiger partial charge on any atom is -0.388 e. The van der Waals surface area contributed by atoms with Gasteiger partial charge in [0.2, 0.25) is 0 Å². The number of benzene rings is 2. The number of para-hydroxylation sites is 1. The molecule has 114 valence electrons. The largest absolute Gasteiger partial charge is 0.388 e. The molecule has 0 saturated carbocycles. The molecule has 0 saturated heterocycles. The fraction of sp³-hybridized carbons (Fsp3) is 0.294. The van der Waals surface area contributed by atoms with Crippen LogP contribution >= 0.6 is 0 Å². The van der Waals surface area contributed by atoms with E-state index in [0.29, 0.717) is 0 Å². The Labute approximate surface area is 128 Å². The van der Waals surface area contributed by atoms with Crippen molar-refractivity contribution >= 4 is 11.4 Å². The number of aliphatic hydroxyl groups excluding tert-OH is 1. The monoisotopic (exact) mass is 298 g/mol. The summed E-state index contributed by atoms with van der Waals surface area (Å²) in [4.78, 5) is 10.4. The lowest BCUT2D eigenvalue weighted by Crippen LogP contribution is -2.38. The highest BCUT2D eigenvalue weighted by molar-refractivity contribution is 5.57. The van der Waals surface area contributed by atoms with E-state index in [1.165, 1.54) is 12.1 Å². The van der Waals surface area contributed by atoms with Crippen LogP contribution in [0.1, 0.15) is 37.1 Å². The number of nitro groups is 1. The molecule has 2 aromatic carbocycles. The van der Waals surface area contributed by atoms with Crippen LogP contribution in [0, 0.1) is 15.5 Å². The van der Waals surface area contributed by atoms with E-state index in [0.717, 1.165) is 16.8 Å². The summed E-state index contributed by atoms with van der Waals surface area (Å²) >= 11 is 0. The van der Waals surface area contributed by atoms with Crippen molar-refractivity contribution in [3.8, 4) is 0 Å². The number of fused-ring (bicyclic) bond motifs is 1. The van der Waals surface area contributed by atoms with Gasteiger partial charge >= 0.3 is 0 Å². The van der Waals surface area contributed by atoms with Crippen molar-refractivity contribution in [1.29, 1.82) is 0 Å². The molecule has 1 aliphatic heterocycles. The SMILES string of the molecule is CC1(C)C(O)c2ccccc2NC1c1ccc([N+](=O)[O-])cc1. The third kappa shape index (κ3) is 2.23. The Balaban J connectivity index is 2.02. The molecule has 0 bridgehead atoms. The number of hydrogen-bond donors (Lipinski definition) is 2. The number of nitrogens with one attached hydrogen (secondary N) is 1. The number of rotatable bonds is 2. The molecule has 1 aliphatic rings. The Bertz CT molecular complexity index is 710. The van der Waals surface area contributed by atoms with E-state index in [1.807, 2.05) is 38.1 Å². The van der Waals surface area contributed by atoms with Gasteiger partial charge in [-0.15, -0.1) is 0 Å². The van der Waals surface area contributed by atoms with Crippen LogP contribution in [-0.2, 0) is 0 Å². The van der Waals surface area contributed by atoms with Gasteiger partial charge in [0.25, 0.3) is 5.69 Å². The van der Waals surface area contributed by atoms with E-state index in [-0.39, 0.29) is 11.7 Å². The van der Waals surface area contributed by atoms with Crippen molar-refractivity contribution in [2.75, 3.05) is 5.32 Å². The van der Waals surface area contributed by atoms with E-state index in [4.69, 9.17) is 0 Å². The molecule has 2 aromatic rings. The molecule has 2 atom stereocenters. The minimum absolute atomic E-state index is 0.0679. The summed E-state index contributed by atoms with van der Waals surface area (Å²) in [6.07, 6.45) is -0.606. The lowest BCUT2D eigenvalue weighted by Gasteiger charge is -2.44. The van der Waals surface area contributed by atoms with Gasteiger partial charge in [-0.25, -0.2) is 0 Å². The summed E-state index contributed by atoms with van der Waals surface area (Å²) < 4.78 is 0. The average Bonchev–Trinajstić information content (AvgIpc) is 2.51. The van der Waals surface area contributed by atoms with Gasteiger partial charge in [0.05, 0.1) is 17.1 Å².